The zero-order valence-corrected chi connectivity index (χ0v) is 14.3. The van der Waals surface area contributed by atoms with Crippen molar-refractivity contribution in [3.63, 3.8) is 0 Å². The number of carbonyl (C=O) groups is 1. The first kappa shape index (κ1) is 15.7. The molecule has 1 aromatic heterocycles. The lowest BCUT2D eigenvalue weighted by Crippen LogP contribution is -2.23. The highest BCUT2D eigenvalue weighted by molar-refractivity contribution is 7.09. The van der Waals surface area contributed by atoms with Crippen molar-refractivity contribution in [3.8, 4) is 5.69 Å². The van der Waals surface area contributed by atoms with Crippen LogP contribution in [-0.4, -0.2) is 10.5 Å². The number of aromatic nitrogens is 1. The molecule has 21 heavy (non-hydrogen) atoms. The largest absolute Gasteiger partial charge is 0.292 e. The molecule has 0 fully saturated rings. The molecule has 2 rings (SSSR count). The maximum atomic E-state index is 12.2. The molecule has 0 N–H and O–H groups in total. The van der Waals surface area contributed by atoms with Crippen molar-refractivity contribution >= 4 is 17.2 Å². The number of carbonyl (C=O) groups excluding carboxylic acids is 1. The van der Waals surface area contributed by atoms with Gasteiger partial charge in [0.1, 0.15) is 0 Å². The summed E-state index contributed by atoms with van der Waals surface area (Å²) in [6.45, 7) is 11.9. The van der Waals surface area contributed by atoms with E-state index in [2.05, 4.69) is 37.0 Å². The molecule has 4 heteroatoms. The molecule has 0 aliphatic carbocycles. The molecule has 2 aromatic rings. The summed E-state index contributed by atoms with van der Waals surface area (Å²) in [6, 6.07) is 6.36. The van der Waals surface area contributed by atoms with Crippen molar-refractivity contribution in [3.05, 3.63) is 45.2 Å². The van der Waals surface area contributed by atoms with Crippen molar-refractivity contribution in [1.82, 2.24) is 4.57 Å². The van der Waals surface area contributed by atoms with Crippen LogP contribution in [0.5, 0.6) is 0 Å². The van der Waals surface area contributed by atoms with Crippen LogP contribution in [0.2, 0.25) is 0 Å². The highest BCUT2D eigenvalue weighted by Crippen LogP contribution is 2.17. The lowest BCUT2D eigenvalue weighted by Gasteiger charge is -2.12. The number of thiazole rings is 1. The Hall–Kier alpha value is -1.68. The van der Waals surface area contributed by atoms with Gasteiger partial charge in [0.2, 0.25) is 0 Å². The summed E-state index contributed by atoms with van der Waals surface area (Å²) in [6.07, 6.45) is 2.04. The molecule has 0 radical (unpaired) electrons. The maximum absolute atomic E-state index is 12.2. The van der Waals surface area contributed by atoms with E-state index in [1.54, 1.807) is 11.3 Å². The molecule has 0 aliphatic rings. The maximum Gasteiger partial charge on any atom is 0.253 e. The first-order valence-corrected chi connectivity index (χ1v) is 7.85. The van der Waals surface area contributed by atoms with Gasteiger partial charge >= 0.3 is 0 Å². The van der Waals surface area contributed by atoms with Crippen molar-refractivity contribution < 1.29 is 4.79 Å². The van der Waals surface area contributed by atoms with Crippen molar-refractivity contribution in [1.29, 1.82) is 0 Å². The van der Waals surface area contributed by atoms with Crippen LogP contribution >= 0.6 is 11.3 Å². The fraction of sp³-hybridized carbons (Fsp3) is 0.412. The van der Waals surface area contributed by atoms with Crippen molar-refractivity contribution in [2.24, 2.45) is 10.4 Å². The third-order valence-electron chi connectivity index (χ3n) is 3.09. The third-order valence-corrected chi connectivity index (χ3v) is 3.99. The van der Waals surface area contributed by atoms with E-state index < -0.39 is 5.41 Å². The summed E-state index contributed by atoms with van der Waals surface area (Å²) >= 11 is 1.54. The van der Waals surface area contributed by atoms with Crippen LogP contribution in [0.15, 0.2) is 29.4 Å². The average Bonchev–Trinajstić information content (AvgIpc) is 2.67. The number of benzene rings is 1. The minimum absolute atomic E-state index is 0.0949. The van der Waals surface area contributed by atoms with E-state index in [4.69, 9.17) is 0 Å². The SMILES string of the molecule is Cc1cc(C)cc(-n2cc(C)s/c2=N\C(=O)C(C)(C)C)c1. The van der Waals surface area contributed by atoms with E-state index in [1.807, 2.05) is 38.5 Å². The lowest BCUT2D eigenvalue weighted by atomic mass is 9.96. The molecule has 3 nitrogen and oxygen atoms in total. The van der Waals surface area contributed by atoms with Crippen molar-refractivity contribution in [2.45, 2.75) is 41.5 Å². The number of hydrogen-bond donors (Lipinski definition) is 0. The summed E-state index contributed by atoms with van der Waals surface area (Å²) in [4.78, 5) is 18.4. The summed E-state index contributed by atoms with van der Waals surface area (Å²) in [5.74, 6) is -0.0949. The summed E-state index contributed by atoms with van der Waals surface area (Å²) < 4.78 is 2.00. The number of amides is 1. The minimum atomic E-state index is -0.460. The average molecular weight is 302 g/mol. The molecular formula is C17H22N2OS. The van der Waals surface area contributed by atoms with Crippen LogP contribution in [0.1, 0.15) is 36.8 Å². The van der Waals surface area contributed by atoms with Crippen LogP contribution in [0.3, 0.4) is 0 Å². The molecule has 1 amide bonds. The number of aryl methyl sites for hydroxylation is 3. The van der Waals surface area contributed by atoms with Gasteiger partial charge in [-0.25, -0.2) is 0 Å². The second kappa shape index (κ2) is 5.60. The van der Waals surface area contributed by atoms with Crippen LogP contribution in [0.25, 0.3) is 5.69 Å². The Morgan fingerprint density at radius 2 is 1.67 bits per heavy atom. The monoisotopic (exact) mass is 302 g/mol. The van der Waals surface area contributed by atoms with Gasteiger partial charge in [0.15, 0.2) is 4.80 Å². The predicted molar refractivity (Wildman–Crippen MR) is 87.9 cm³/mol. The van der Waals surface area contributed by atoms with Gasteiger partial charge in [-0.2, -0.15) is 4.99 Å². The number of rotatable bonds is 1. The quantitative estimate of drug-likeness (QED) is 0.785. The van der Waals surface area contributed by atoms with Gasteiger partial charge in [-0.05, 0) is 44.0 Å². The first-order valence-electron chi connectivity index (χ1n) is 7.04. The zero-order valence-electron chi connectivity index (χ0n) is 13.5. The van der Waals surface area contributed by atoms with E-state index in [9.17, 15) is 4.79 Å². The second-order valence-corrected chi connectivity index (χ2v) is 7.72. The standard InChI is InChI=1S/C17H22N2OS/c1-11-7-12(2)9-14(8-11)19-10-13(3)21-16(19)18-15(20)17(4,5)6/h7-10H,1-6H3/b18-16-. The topological polar surface area (TPSA) is 34.4 Å². The molecule has 0 aliphatic heterocycles. The molecule has 0 saturated heterocycles. The fourth-order valence-corrected chi connectivity index (χ4v) is 2.89. The summed E-state index contributed by atoms with van der Waals surface area (Å²) in [5, 5.41) is 0. The molecule has 1 heterocycles. The summed E-state index contributed by atoms with van der Waals surface area (Å²) in [5.41, 5.74) is 3.00. The van der Waals surface area contributed by atoms with E-state index in [-0.39, 0.29) is 5.91 Å². The Labute approximate surface area is 130 Å². The van der Waals surface area contributed by atoms with Gasteiger partial charge in [-0.3, -0.25) is 9.36 Å². The number of nitrogens with zero attached hydrogens (tertiary/aromatic N) is 2. The van der Waals surface area contributed by atoms with E-state index in [0.717, 1.165) is 15.4 Å². The van der Waals surface area contributed by atoms with E-state index >= 15 is 0 Å². The molecule has 1 aromatic carbocycles. The van der Waals surface area contributed by atoms with Crippen LogP contribution in [0, 0.1) is 26.2 Å². The molecule has 0 bridgehead atoms. The normalized spacial score (nSPS) is 12.8. The van der Waals surface area contributed by atoms with Gasteiger partial charge < -0.3 is 0 Å². The van der Waals surface area contributed by atoms with E-state index in [0.29, 0.717) is 0 Å². The molecule has 0 spiro atoms. The van der Waals surface area contributed by atoms with Crippen molar-refractivity contribution in [2.75, 3.05) is 0 Å². The zero-order chi connectivity index (χ0) is 15.8. The van der Waals surface area contributed by atoms with Gasteiger partial charge in [-0.15, -0.1) is 11.3 Å². The Morgan fingerprint density at radius 3 is 2.19 bits per heavy atom. The smallest absolute Gasteiger partial charge is 0.253 e. The Kier molecular flexibility index (Phi) is 4.19. The van der Waals surface area contributed by atoms with Gasteiger partial charge in [-0.1, -0.05) is 26.8 Å². The predicted octanol–water partition coefficient (Wildman–Crippen LogP) is 3.94. The molecule has 0 saturated carbocycles. The Bertz CT molecular complexity index is 725. The van der Waals surface area contributed by atoms with Gasteiger partial charge in [0.25, 0.3) is 5.91 Å². The first-order chi connectivity index (χ1) is 9.66. The van der Waals surface area contributed by atoms with E-state index in [1.165, 1.54) is 11.1 Å². The fourth-order valence-electron chi connectivity index (χ4n) is 2.06. The molecule has 112 valence electrons. The number of hydrogen-bond acceptors (Lipinski definition) is 2. The highest BCUT2D eigenvalue weighted by atomic mass is 32.1. The highest BCUT2D eigenvalue weighted by Gasteiger charge is 2.21. The van der Waals surface area contributed by atoms with Crippen LogP contribution in [-0.2, 0) is 4.79 Å². The third kappa shape index (κ3) is 3.70. The summed E-state index contributed by atoms with van der Waals surface area (Å²) in [7, 11) is 0. The minimum Gasteiger partial charge on any atom is -0.292 e. The Balaban J connectivity index is 2.61. The van der Waals surface area contributed by atoms with Gasteiger partial charge in [0.05, 0.1) is 0 Å². The van der Waals surface area contributed by atoms with Crippen LogP contribution in [0.4, 0.5) is 0 Å². The van der Waals surface area contributed by atoms with Crippen LogP contribution < -0.4 is 4.80 Å². The molecule has 0 unspecified atom stereocenters. The molecule has 0 atom stereocenters. The second-order valence-electron chi connectivity index (χ2n) is 6.51. The Morgan fingerprint density at radius 1 is 1.10 bits per heavy atom. The molecular weight excluding hydrogens is 280 g/mol. The lowest BCUT2D eigenvalue weighted by molar-refractivity contribution is -0.125. The van der Waals surface area contributed by atoms with Gasteiger partial charge in [0, 0.05) is 22.2 Å².